The van der Waals surface area contributed by atoms with Crippen LogP contribution in [0.3, 0.4) is 0 Å². The number of ether oxygens (including phenoxy) is 3. The Kier molecular flexibility index (Phi) is 5.55. The van der Waals surface area contributed by atoms with Crippen molar-refractivity contribution in [3.63, 3.8) is 0 Å². The second-order valence-corrected chi connectivity index (χ2v) is 8.88. The maximum Gasteiger partial charge on any atom is 0.412 e. The molecule has 0 aliphatic carbocycles. The molecule has 4 rings (SSSR count). The van der Waals surface area contributed by atoms with E-state index in [0.717, 1.165) is 0 Å². The normalized spacial score (nSPS) is 19.4. The lowest BCUT2D eigenvalue weighted by Gasteiger charge is -2.43. The summed E-state index contributed by atoms with van der Waals surface area (Å²) in [5.74, 6) is -0.873. The van der Waals surface area contributed by atoms with Gasteiger partial charge in [-0.3, -0.25) is 4.79 Å². The highest BCUT2D eigenvalue weighted by molar-refractivity contribution is 6.30. The van der Waals surface area contributed by atoms with Crippen molar-refractivity contribution in [2.45, 2.75) is 26.3 Å². The first kappa shape index (κ1) is 22.6. The van der Waals surface area contributed by atoms with Crippen LogP contribution >= 0.6 is 11.6 Å². The van der Waals surface area contributed by atoms with Crippen molar-refractivity contribution in [1.82, 2.24) is 9.80 Å². The van der Waals surface area contributed by atoms with Crippen molar-refractivity contribution in [2.24, 2.45) is 4.99 Å². The van der Waals surface area contributed by atoms with Gasteiger partial charge in [-0.1, -0.05) is 11.6 Å². The van der Waals surface area contributed by atoms with E-state index < -0.39 is 21.9 Å². The number of hydrogen-bond donors (Lipinski definition) is 2. The maximum atomic E-state index is 12.9. The van der Waals surface area contributed by atoms with Gasteiger partial charge in [0.25, 0.3) is 11.6 Å². The van der Waals surface area contributed by atoms with Crippen LogP contribution in [0.15, 0.2) is 59.0 Å². The van der Waals surface area contributed by atoms with Crippen LogP contribution in [0, 0.1) is 0 Å². The van der Waals surface area contributed by atoms with Crippen LogP contribution in [0.5, 0.6) is 11.5 Å². The summed E-state index contributed by atoms with van der Waals surface area (Å²) in [7, 11) is 1.41. The van der Waals surface area contributed by atoms with E-state index >= 15 is 0 Å². The molecule has 0 aromatic heterocycles. The molecule has 1 unspecified atom stereocenters. The van der Waals surface area contributed by atoms with Crippen molar-refractivity contribution >= 4 is 35.2 Å². The highest BCUT2D eigenvalue weighted by atomic mass is 35.5. The van der Waals surface area contributed by atoms with Gasteiger partial charge in [-0.05, 0) is 51.1 Å². The summed E-state index contributed by atoms with van der Waals surface area (Å²) in [6, 6.07) is 11.5. The minimum atomic E-state index is -1.26. The molecular weight excluding hydrogens is 450 g/mol. The van der Waals surface area contributed by atoms with Gasteiger partial charge >= 0.3 is 12.0 Å². The number of hydrogen-bond acceptors (Lipinski definition) is 6. The van der Waals surface area contributed by atoms with E-state index in [1.807, 2.05) is 20.8 Å². The maximum absolute atomic E-state index is 12.9. The highest BCUT2D eigenvalue weighted by Gasteiger charge is 2.61. The number of fused-ring (bicyclic) bond motifs is 1. The first-order valence-electron chi connectivity index (χ1n) is 10.1. The topological polar surface area (TPSA) is 106 Å². The largest absolute Gasteiger partial charge is 0.474 e. The molecule has 0 radical (unpaired) electrons. The zero-order valence-corrected chi connectivity index (χ0v) is 19.3. The molecule has 1 amide bonds. The Morgan fingerprint density at radius 3 is 2.39 bits per heavy atom. The Morgan fingerprint density at radius 1 is 1.12 bits per heavy atom. The van der Waals surface area contributed by atoms with Gasteiger partial charge < -0.3 is 24.6 Å². The molecule has 1 atom stereocenters. The summed E-state index contributed by atoms with van der Waals surface area (Å²) in [4.78, 5) is 30.0. The highest BCUT2D eigenvalue weighted by Crippen LogP contribution is 2.47. The number of carbonyl (C=O) groups is 2. The quantitative estimate of drug-likeness (QED) is 0.654. The average molecular weight is 473 g/mol. The smallest absolute Gasteiger partial charge is 0.412 e. The van der Waals surface area contributed by atoms with Crippen LogP contribution < -0.4 is 19.3 Å². The number of methoxy groups -OCH3 is 1. The van der Waals surface area contributed by atoms with Gasteiger partial charge in [0.05, 0.1) is 7.11 Å². The number of nitrogens with zero attached hydrogens (tertiary/aromatic N) is 2. The predicted molar refractivity (Wildman–Crippen MR) is 122 cm³/mol. The molecule has 0 fully saturated rings. The van der Waals surface area contributed by atoms with E-state index in [4.69, 9.17) is 25.8 Å². The second kappa shape index (κ2) is 8.09. The van der Waals surface area contributed by atoms with E-state index in [1.54, 1.807) is 30.3 Å². The number of rotatable bonds is 4. The average Bonchev–Trinajstić information content (AvgIpc) is 3.35. The molecule has 2 aliphatic rings. The van der Waals surface area contributed by atoms with Crippen LogP contribution in [0.1, 0.15) is 31.1 Å². The van der Waals surface area contributed by atoms with Crippen molar-refractivity contribution in [3.8, 4) is 11.5 Å². The van der Waals surface area contributed by atoms with Crippen LogP contribution in [-0.4, -0.2) is 42.4 Å². The third-order valence-electron chi connectivity index (χ3n) is 5.53. The molecule has 2 aromatic carbocycles. The van der Waals surface area contributed by atoms with Crippen molar-refractivity contribution in [1.29, 1.82) is 0 Å². The fourth-order valence-corrected chi connectivity index (χ4v) is 4.24. The third kappa shape index (κ3) is 3.59. The first-order valence-corrected chi connectivity index (χ1v) is 10.4. The van der Waals surface area contributed by atoms with Crippen LogP contribution in [0.25, 0.3) is 0 Å². The summed E-state index contributed by atoms with van der Waals surface area (Å²) >= 11 is 5.91. The van der Waals surface area contributed by atoms with E-state index in [-0.39, 0.29) is 24.3 Å². The lowest BCUT2D eigenvalue weighted by atomic mass is 9.98. The summed E-state index contributed by atoms with van der Waals surface area (Å²) in [5.41, 5.74) is -0.126. The van der Waals surface area contributed by atoms with Crippen LogP contribution in [0.2, 0.25) is 5.02 Å². The molecule has 0 saturated heterocycles. The number of halogens is 1. The Balaban J connectivity index is 1.90. The first-order chi connectivity index (χ1) is 15.6. The van der Waals surface area contributed by atoms with Gasteiger partial charge in [-0.2, -0.15) is 4.48 Å². The monoisotopic (exact) mass is 472 g/mol. The van der Waals surface area contributed by atoms with E-state index in [2.05, 4.69) is 10.3 Å². The number of amides is 1. The Bertz CT molecular complexity index is 1200. The Labute approximate surface area is 195 Å². The molecule has 0 bridgehead atoms. The third-order valence-corrected chi connectivity index (χ3v) is 5.78. The molecule has 172 valence electrons. The molecule has 10 heteroatoms. The second-order valence-electron chi connectivity index (χ2n) is 8.44. The number of aliphatic carboxylic acids is 1. The molecule has 0 saturated carbocycles. The predicted octanol–water partition coefficient (Wildman–Crippen LogP) is 3.87. The number of carbonyl (C=O) groups excluding carboxylic acids is 1. The molecule has 2 heterocycles. The van der Waals surface area contributed by atoms with E-state index in [9.17, 15) is 14.7 Å². The standard InChI is InChI=1S/C23H22ClN3O6/c1-23(2,3)27(15-9-10-16-17(11-15)33-12-32-16)18(21(29)30)19(26-22(27)31-4)25-20(28)13-5-7-14(24)8-6-13/h5-11H,12H2,1-4H3,(H-,25,28,29,30)/p+1. The van der Waals surface area contributed by atoms with Gasteiger partial charge in [-0.15, -0.1) is 4.99 Å². The fourth-order valence-electron chi connectivity index (χ4n) is 4.12. The minimum absolute atomic E-state index is 0.0730. The molecule has 9 nitrogen and oxygen atoms in total. The number of aliphatic imine (C=N–C) groups is 1. The van der Waals surface area contributed by atoms with E-state index in [1.165, 1.54) is 19.2 Å². The summed E-state index contributed by atoms with van der Waals surface area (Å²) in [6.07, 6.45) is 0. The lowest BCUT2D eigenvalue weighted by Crippen LogP contribution is -2.65. The van der Waals surface area contributed by atoms with Gasteiger partial charge in [0.2, 0.25) is 12.6 Å². The number of nitrogens with one attached hydrogen (secondary N) is 1. The zero-order chi connectivity index (χ0) is 24.0. The van der Waals surface area contributed by atoms with E-state index in [0.29, 0.717) is 27.8 Å². The lowest BCUT2D eigenvalue weighted by molar-refractivity contribution is -0.134. The molecule has 0 spiro atoms. The van der Waals surface area contributed by atoms with Crippen molar-refractivity contribution < 1.29 is 28.9 Å². The van der Waals surface area contributed by atoms with Crippen molar-refractivity contribution in [3.05, 3.63) is 64.6 Å². The van der Waals surface area contributed by atoms with Crippen molar-refractivity contribution in [2.75, 3.05) is 13.9 Å². The summed E-state index contributed by atoms with van der Waals surface area (Å²) < 4.78 is 16.2. The van der Waals surface area contributed by atoms with Gasteiger partial charge in [0.15, 0.2) is 17.2 Å². The SMILES string of the molecule is COC1=NC(NC(=O)c2ccc(Cl)cc2)=C(C(=O)O)[N+]1(c1ccc2c(c1)OCO2)C(C)(C)C. The fraction of sp³-hybridized carbons (Fsp3) is 0.261. The molecule has 2 N–H and O–H groups in total. The number of benzene rings is 2. The van der Waals surface area contributed by atoms with Crippen LogP contribution in [-0.2, 0) is 9.53 Å². The molecule has 2 aliphatic heterocycles. The number of carboxylic acids is 1. The minimum Gasteiger partial charge on any atom is -0.474 e. The summed E-state index contributed by atoms with van der Waals surface area (Å²) in [5, 5.41) is 13.5. The van der Waals surface area contributed by atoms with Crippen LogP contribution in [0.4, 0.5) is 5.69 Å². The summed E-state index contributed by atoms with van der Waals surface area (Å²) in [6.45, 7) is 5.65. The Hall–Kier alpha value is -3.56. The molecule has 2 aromatic rings. The Morgan fingerprint density at radius 2 is 1.79 bits per heavy atom. The number of amidine groups is 1. The molecular formula is C23H23ClN3O6+. The van der Waals surface area contributed by atoms with Gasteiger partial charge in [0, 0.05) is 22.7 Å². The zero-order valence-electron chi connectivity index (χ0n) is 18.5. The number of quaternary nitrogens is 1. The number of carboxylic acid groups (broad SMARTS) is 1. The van der Waals surface area contributed by atoms with Gasteiger partial charge in [-0.25, -0.2) is 4.79 Å². The molecule has 33 heavy (non-hydrogen) atoms. The van der Waals surface area contributed by atoms with Gasteiger partial charge in [0.1, 0.15) is 5.54 Å².